The molecule has 6 heteroatoms. The van der Waals surface area contributed by atoms with Crippen molar-refractivity contribution in [1.29, 1.82) is 0 Å². The number of hydrogen-bond donors (Lipinski definition) is 2. The summed E-state index contributed by atoms with van der Waals surface area (Å²) in [4.78, 5) is 11.1. The Morgan fingerprint density at radius 3 is 2.45 bits per heavy atom. The van der Waals surface area contributed by atoms with Crippen molar-refractivity contribution in [2.45, 2.75) is 25.9 Å². The lowest BCUT2D eigenvalue weighted by Gasteiger charge is -2.12. The molecule has 0 aliphatic rings. The summed E-state index contributed by atoms with van der Waals surface area (Å²) in [5, 5.41) is 3.40. The first-order valence-corrected chi connectivity index (χ1v) is 11.2. The Kier molecular flexibility index (Phi) is 9.61. The maximum Gasteiger partial charge on any atom is 0.221 e. The SMILES string of the molecule is COc1cc(CC(N)=O)ccc1OCCNCCCc1cccc(OCc2ccccc2)c1. The van der Waals surface area contributed by atoms with Gasteiger partial charge in [-0.25, -0.2) is 0 Å². The molecule has 3 rings (SSSR count). The van der Waals surface area contributed by atoms with E-state index in [0.717, 1.165) is 42.8 Å². The molecule has 3 aromatic carbocycles. The number of ether oxygens (including phenoxy) is 3. The predicted octanol–water partition coefficient (Wildman–Crippen LogP) is 3.90. The van der Waals surface area contributed by atoms with Crippen LogP contribution in [0.25, 0.3) is 0 Å². The summed E-state index contributed by atoms with van der Waals surface area (Å²) < 4.78 is 17.1. The largest absolute Gasteiger partial charge is 0.493 e. The molecule has 174 valence electrons. The number of benzene rings is 3. The summed E-state index contributed by atoms with van der Waals surface area (Å²) in [7, 11) is 1.58. The minimum Gasteiger partial charge on any atom is -0.493 e. The van der Waals surface area contributed by atoms with Crippen molar-refractivity contribution < 1.29 is 19.0 Å². The number of nitrogens with one attached hydrogen (secondary N) is 1. The van der Waals surface area contributed by atoms with E-state index in [1.54, 1.807) is 13.2 Å². The van der Waals surface area contributed by atoms with Gasteiger partial charge in [-0.15, -0.1) is 0 Å². The van der Waals surface area contributed by atoms with E-state index >= 15 is 0 Å². The Bertz CT molecular complexity index is 1010. The molecule has 0 unspecified atom stereocenters. The molecule has 1 amide bonds. The average molecular weight is 449 g/mol. The van der Waals surface area contributed by atoms with Crippen LogP contribution in [0.2, 0.25) is 0 Å². The van der Waals surface area contributed by atoms with Gasteiger partial charge in [0.1, 0.15) is 19.0 Å². The predicted molar refractivity (Wildman–Crippen MR) is 130 cm³/mol. The molecule has 3 aromatic rings. The van der Waals surface area contributed by atoms with Crippen molar-refractivity contribution in [3.8, 4) is 17.2 Å². The zero-order valence-electron chi connectivity index (χ0n) is 19.1. The van der Waals surface area contributed by atoms with Gasteiger partial charge in [-0.3, -0.25) is 4.79 Å². The monoisotopic (exact) mass is 448 g/mol. The number of aryl methyl sites for hydroxylation is 1. The smallest absolute Gasteiger partial charge is 0.221 e. The third-order valence-corrected chi connectivity index (χ3v) is 5.11. The molecule has 3 N–H and O–H groups in total. The molecule has 0 heterocycles. The molecule has 0 aromatic heterocycles. The van der Waals surface area contributed by atoms with Crippen molar-refractivity contribution in [2.75, 3.05) is 26.8 Å². The molecule has 0 saturated carbocycles. The lowest BCUT2D eigenvalue weighted by Crippen LogP contribution is -2.22. The summed E-state index contributed by atoms with van der Waals surface area (Å²) >= 11 is 0. The maximum atomic E-state index is 11.1. The van der Waals surface area contributed by atoms with E-state index < -0.39 is 0 Å². The van der Waals surface area contributed by atoms with E-state index in [0.29, 0.717) is 24.7 Å². The summed E-state index contributed by atoms with van der Waals surface area (Å²) in [6.07, 6.45) is 2.18. The highest BCUT2D eigenvalue weighted by Crippen LogP contribution is 2.28. The quantitative estimate of drug-likeness (QED) is 0.366. The van der Waals surface area contributed by atoms with E-state index in [4.69, 9.17) is 19.9 Å². The second-order valence-corrected chi connectivity index (χ2v) is 7.75. The van der Waals surface area contributed by atoms with Crippen molar-refractivity contribution >= 4 is 5.91 Å². The minimum atomic E-state index is -0.374. The van der Waals surface area contributed by atoms with Crippen LogP contribution in [-0.2, 0) is 24.2 Å². The van der Waals surface area contributed by atoms with Gasteiger partial charge in [-0.05, 0) is 60.3 Å². The normalized spacial score (nSPS) is 10.6. The van der Waals surface area contributed by atoms with Gasteiger partial charge in [-0.1, -0.05) is 48.5 Å². The fraction of sp³-hybridized carbons (Fsp3) is 0.296. The minimum absolute atomic E-state index is 0.181. The van der Waals surface area contributed by atoms with Gasteiger partial charge >= 0.3 is 0 Å². The van der Waals surface area contributed by atoms with Crippen LogP contribution in [0.15, 0.2) is 72.8 Å². The van der Waals surface area contributed by atoms with Crippen LogP contribution in [0.5, 0.6) is 17.2 Å². The van der Waals surface area contributed by atoms with Crippen LogP contribution in [0.1, 0.15) is 23.1 Å². The Balaban J connectivity index is 1.33. The van der Waals surface area contributed by atoms with E-state index in [-0.39, 0.29) is 12.3 Å². The molecular formula is C27H32N2O4. The molecule has 0 saturated heterocycles. The lowest BCUT2D eigenvalue weighted by molar-refractivity contribution is -0.117. The number of methoxy groups -OCH3 is 1. The Labute approximate surface area is 195 Å². The molecule has 0 bridgehead atoms. The zero-order chi connectivity index (χ0) is 23.3. The summed E-state index contributed by atoms with van der Waals surface area (Å²) in [5.41, 5.74) is 8.48. The number of amides is 1. The van der Waals surface area contributed by atoms with Gasteiger partial charge in [0.2, 0.25) is 5.91 Å². The first kappa shape index (κ1) is 24.1. The van der Waals surface area contributed by atoms with Crippen LogP contribution in [0.3, 0.4) is 0 Å². The van der Waals surface area contributed by atoms with Crippen molar-refractivity contribution in [1.82, 2.24) is 5.32 Å². The molecule has 0 fully saturated rings. The maximum absolute atomic E-state index is 11.1. The van der Waals surface area contributed by atoms with Gasteiger partial charge in [0, 0.05) is 6.54 Å². The fourth-order valence-electron chi connectivity index (χ4n) is 3.45. The lowest BCUT2D eigenvalue weighted by atomic mass is 10.1. The second kappa shape index (κ2) is 13.1. The molecular weight excluding hydrogens is 416 g/mol. The molecule has 0 aliphatic carbocycles. The van der Waals surface area contributed by atoms with Crippen molar-refractivity contribution in [3.05, 3.63) is 89.5 Å². The van der Waals surface area contributed by atoms with E-state index in [9.17, 15) is 4.79 Å². The van der Waals surface area contributed by atoms with E-state index in [1.807, 2.05) is 42.5 Å². The highest BCUT2D eigenvalue weighted by molar-refractivity contribution is 5.76. The van der Waals surface area contributed by atoms with Crippen LogP contribution < -0.4 is 25.3 Å². The Hall–Kier alpha value is -3.51. The summed E-state index contributed by atoms with van der Waals surface area (Å²) in [5.74, 6) is 1.78. The summed E-state index contributed by atoms with van der Waals surface area (Å²) in [6, 6.07) is 23.9. The molecule has 0 radical (unpaired) electrons. The molecule has 0 atom stereocenters. The standard InChI is InChI=1S/C27H32N2O4/c1-31-26-18-23(19-27(28)30)12-13-25(26)32-16-15-29-14-6-10-21-9-5-11-24(17-21)33-20-22-7-3-2-4-8-22/h2-5,7-9,11-13,17-18,29H,6,10,14-16,19-20H2,1H3,(H2,28,30). The fourth-order valence-corrected chi connectivity index (χ4v) is 3.45. The van der Waals surface area contributed by atoms with E-state index in [2.05, 4.69) is 29.6 Å². The number of rotatable bonds is 14. The van der Waals surface area contributed by atoms with Crippen molar-refractivity contribution in [2.24, 2.45) is 5.73 Å². The molecule has 0 spiro atoms. The highest BCUT2D eigenvalue weighted by Gasteiger charge is 2.07. The highest BCUT2D eigenvalue weighted by atomic mass is 16.5. The average Bonchev–Trinajstić information content (AvgIpc) is 2.83. The van der Waals surface area contributed by atoms with Crippen LogP contribution in [0.4, 0.5) is 0 Å². The Morgan fingerprint density at radius 2 is 1.67 bits per heavy atom. The number of primary amides is 1. The van der Waals surface area contributed by atoms with Crippen LogP contribution >= 0.6 is 0 Å². The van der Waals surface area contributed by atoms with Gasteiger partial charge in [0.05, 0.1) is 13.5 Å². The van der Waals surface area contributed by atoms with Gasteiger partial charge in [0.25, 0.3) is 0 Å². The van der Waals surface area contributed by atoms with Gasteiger partial charge in [-0.2, -0.15) is 0 Å². The number of carbonyl (C=O) groups is 1. The topological polar surface area (TPSA) is 82.8 Å². The third-order valence-electron chi connectivity index (χ3n) is 5.11. The zero-order valence-corrected chi connectivity index (χ0v) is 19.1. The number of nitrogens with two attached hydrogens (primary N) is 1. The van der Waals surface area contributed by atoms with Crippen LogP contribution in [0, 0.1) is 0 Å². The second-order valence-electron chi connectivity index (χ2n) is 7.75. The van der Waals surface area contributed by atoms with Crippen molar-refractivity contribution in [3.63, 3.8) is 0 Å². The molecule has 0 aliphatic heterocycles. The Morgan fingerprint density at radius 1 is 0.848 bits per heavy atom. The van der Waals surface area contributed by atoms with Crippen LogP contribution in [-0.4, -0.2) is 32.7 Å². The first-order chi connectivity index (χ1) is 16.1. The third kappa shape index (κ3) is 8.50. The van der Waals surface area contributed by atoms with Gasteiger partial charge < -0.3 is 25.3 Å². The number of hydrogen-bond acceptors (Lipinski definition) is 5. The molecule has 33 heavy (non-hydrogen) atoms. The molecule has 6 nitrogen and oxygen atoms in total. The summed E-state index contributed by atoms with van der Waals surface area (Å²) in [6.45, 7) is 2.72. The first-order valence-electron chi connectivity index (χ1n) is 11.2. The van der Waals surface area contributed by atoms with E-state index in [1.165, 1.54) is 5.56 Å². The van der Waals surface area contributed by atoms with Gasteiger partial charge in [0.15, 0.2) is 11.5 Å². The number of carbonyl (C=O) groups excluding carboxylic acids is 1.